The monoisotopic (exact) mass is 459 g/mol. The van der Waals surface area contributed by atoms with Crippen LogP contribution in [0, 0.1) is 6.92 Å². The van der Waals surface area contributed by atoms with Crippen LogP contribution in [0.5, 0.6) is 5.75 Å². The van der Waals surface area contributed by atoms with Crippen LogP contribution in [-0.4, -0.2) is 66.7 Å². The summed E-state index contributed by atoms with van der Waals surface area (Å²) in [5, 5.41) is 1.99. The maximum absolute atomic E-state index is 13.7. The van der Waals surface area contributed by atoms with Crippen LogP contribution in [0.15, 0.2) is 42.5 Å². The molecule has 5 rings (SSSR count). The number of carbonyl (C=O) groups excluding carboxylic acids is 1. The SMILES string of the molecule is CCOc1ccc2ccccc2c1C(=O)N1CCN(c2cc(C)nc(N3CCCCC3)n2)CC1. The number of fused-ring (bicyclic) bond motifs is 1. The molecule has 3 aromatic rings. The van der Waals surface area contributed by atoms with Crippen molar-refractivity contribution in [3.8, 4) is 5.75 Å². The standard InChI is InChI=1S/C27H33N5O2/c1-3-34-23-12-11-21-9-5-6-10-22(21)25(23)26(33)31-17-15-30(16-18-31)24-19-20(2)28-27(29-24)32-13-7-4-8-14-32/h5-6,9-12,19H,3-4,7-8,13-18H2,1-2H3. The predicted molar refractivity (Wildman–Crippen MR) is 136 cm³/mol. The highest BCUT2D eigenvalue weighted by atomic mass is 16.5. The maximum Gasteiger partial charge on any atom is 0.258 e. The van der Waals surface area contributed by atoms with Gasteiger partial charge in [0.25, 0.3) is 5.91 Å². The molecule has 2 aliphatic heterocycles. The van der Waals surface area contributed by atoms with E-state index in [1.807, 2.05) is 55.1 Å². The Balaban J connectivity index is 1.34. The molecule has 1 amide bonds. The average molecular weight is 460 g/mol. The molecule has 2 aliphatic rings. The summed E-state index contributed by atoms with van der Waals surface area (Å²) in [6.07, 6.45) is 3.68. The van der Waals surface area contributed by atoms with Gasteiger partial charge in [-0.05, 0) is 49.9 Å². The number of ether oxygens (including phenoxy) is 1. The van der Waals surface area contributed by atoms with Crippen LogP contribution in [-0.2, 0) is 0 Å². The van der Waals surface area contributed by atoms with Gasteiger partial charge in [0.2, 0.25) is 5.95 Å². The van der Waals surface area contributed by atoms with Crippen molar-refractivity contribution in [2.75, 3.05) is 55.7 Å². The Morgan fingerprint density at radius 1 is 0.912 bits per heavy atom. The first-order valence-electron chi connectivity index (χ1n) is 12.4. The number of carbonyl (C=O) groups is 1. The van der Waals surface area contributed by atoms with Crippen LogP contribution < -0.4 is 14.5 Å². The van der Waals surface area contributed by atoms with E-state index in [9.17, 15) is 4.79 Å². The highest BCUT2D eigenvalue weighted by Crippen LogP contribution is 2.30. The second kappa shape index (κ2) is 9.87. The molecule has 3 heterocycles. The number of benzene rings is 2. The number of aryl methyl sites for hydroxylation is 1. The van der Waals surface area contributed by atoms with E-state index in [-0.39, 0.29) is 5.91 Å². The largest absolute Gasteiger partial charge is 0.493 e. The third-order valence-corrected chi connectivity index (χ3v) is 6.76. The van der Waals surface area contributed by atoms with E-state index in [2.05, 4.69) is 15.9 Å². The topological polar surface area (TPSA) is 61.8 Å². The lowest BCUT2D eigenvalue weighted by atomic mass is 10.0. The molecule has 0 atom stereocenters. The van der Waals surface area contributed by atoms with Crippen molar-refractivity contribution >= 4 is 28.4 Å². The molecule has 0 bridgehead atoms. The quantitative estimate of drug-likeness (QED) is 0.567. The first-order chi connectivity index (χ1) is 16.6. The highest BCUT2D eigenvalue weighted by Gasteiger charge is 2.27. The zero-order chi connectivity index (χ0) is 23.5. The third-order valence-electron chi connectivity index (χ3n) is 6.76. The summed E-state index contributed by atoms with van der Waals surface area (Å²) in [6.45, 7) is 9.35. The first kappa shape index (κ1) is 22.4. The van der Waals surface area contributed by atoms with Crippen LogP contribution in [0.4, 0.5) is 11.8 Å². The Labute approximate surface area is 201 Å². The molecule has 0 spiro atoms. The molecule has 0 N–H and O–H groups in total. The number of anilines is 2. The summed E-state index contributed by atoms with van der Waals surface area (Å²) in [6, 6.07) is 14.0. The van der Waals surface area contributed by atoms with Gasteiger partial charge in [-0.2, -0.15) is 4.98 Å². The van der Waals surface area contributed by atoms with E-state index in [0.29, 0.717) is 31.0 Å². The molecular formula is C27H33N5O2. The number of piperidine rings is 1. The van der Waals surface area contributed by atoms with Gasteiger partial charge >= 0.3 is 0 Å². The van der Waals surface area contributed by atoms with Crippen molar-refractivity contribution in [1.29, 1.82) is 0 Å². The van der Waals surface area contributed by atoms with Crippen molar-refractivity contribution in [1.82, 2.24) is 14.9 Å². The van der Waals surface area contributed by atoms with E-state index in [0.717, 1.165) is 54.4 Å². The number of rotatable bonds is 5. The molecule has 0 radical (unpaired) electrons. The van der Waals surface area contributed by atoms with Gasteiger partial charge < -0.3 is 19.4 Å². The van der Waals surface area contributed by atoms with Crippen molar-refractivity contribution in [3.63, 3.8) is 0 Å². The van der Waals surface area contributed by atoms with Crippen molar-refractivity contribution < 1.29 is 9.53 Å². The number of hydrogen-bond acceptors (Lipinski definition) is 6. The van der Waals surface area contributed by atoms with E-state index >= 15 is 0 Å². The molecule has 0 aliphatic carbocycles. The maximum atomic E-state index is 13.7. The van der Waals surface area contributed by atoms with Crippen LogP contribution >= 0.6 is 0 Å². The zero-order valence-electron chi connectivity index (χ0n) is 20.2. The van der Waals surface area contributed by atoms with Crippen molar-refractivity contribution in [3.05, 3.63) is 53.7 Å². The Hall–Kier alpha value is -3.35. The number of aromatic nitrogens is 2. The molecule has 7 heteroatoms. The summed E-state index contributed by atoms with van der Waals surface area (Å²) >= 11 is 0. The smallest absolute Gasteiger partial charge is 0.258 e. The van der Waals surface area contributed by atoms with Gasteiger partial charge in [-0.25, -0.2) is 4.98 Å². The molecule has 0 saturated carbocycles. The Morgan fingerprint density at radius 2 is 1.68 bits per heavy atom. The Bertz CT molecular complexity index is 1170. The summed E-state index contributed by atoms with van der Waals surface area (Å²) in [5.41, 5.74) is 1.65. The van der Waals surface area contributed by atoms with E-state index in [1.54, 1.807) is 0 Å². The van der Waals surface area contributed by atoms with Gasteiger partial charge in [0.1, 0.15) is 11.6 Å². The molecule has 0 unspecified atom stereocenters. The lowest BCUT2D eigenvalue weighted by molar-refractivity contribution is 0.0744. The fraction of sp³-hybridized carbons (Fsp3) is 0.444. The molecule has 2 fully saturated rings. The molecule has 34 heavy (non-hydrogen) atoms. The van der Waals surface area contributed by atoms with E-state index < -0.39 is 0 Å². The van der Waals surface area contributed by atoms with E-state index in [1.165, 1.54) is 19.3 Å². The highest BCUT2D eigenvalue weighted by molar-refractivity contribution is 6.09. The van der Waals surface area contributed by atoms with Gasteiger partial charge in [0, 0.05) is 51.0 Å². The second-order valence-electron chi connectivity index (χ2n) is 9.09. The number of piperazine rings is 1. The Morgan fingerprint density at radius 3 is 2.44 bits per heavy atom. The van der Waals surface area contributed by atoms with Gasteiger partial charge in [-0.1, -0.05) is 30.3 Å². The van der Waals surface area contributed by atoms with Crippen LogP contribution in [0.3, 0.4) is 0 Å². The van der Waals surface area contributed by atoms with E-state index in [4.69, 9.17) is 14.7 Å². The lowest BCUT2D eigenvalue weighted by Crippen LogP contribution is -2.49. The number of hydrogen-bond donors (Lipinski definition) is 0. The minimum atomic E-state index is 0.0350. The lowest BCUT2D eigenvalue weighted by Gasteiger charge is -2.36. The predicted octanol–water partition coefficient (Wildman–Crippen LogP) is 4.29. The molecular weight excluding hydrogens is 426 g/mol. The summed E-state index contributed by atoms with van der Waals surface area (Å²) in [7, 11) is 0. The number of nitrogens with zero attached hydrogens (tertiary/aromatic N) is 5. The molecule has 178 valence electrons. The third kappa shape index (κ3) is 4.52. The Kier molecular flexibility index (Phi) is 6.52. The molecule has 7 nitrogen and oxygen atoms in total. The molecule has 2 saturated heterocycles. The van der Waals surface area contributed by atoms with Crippen molar-refractivity contribution in [2.45, 2.75) is 33.1 Å². The second-order valence-corrected chi connectivity index (χ2v) is 9.09. The normalized spacial score (nSPS) is 16.7. The minimum Gasteiger partial charge on any atom is -0.493 e. The molecule has 1 aromatic heterocycles. The average Bonchev–Trinajstić information content (AvgIpc) is 2.88. The minimum absolute atomic E-state index is 0.0350. The fourth-order valence-corrected chi connectivity index (χ4v) is 4.98. The fourth-order valence-electron chi connectivity index (χ4n) is 4.98. The van der Waals surface area contributed by atoms with Crippen LogP contribution in [0.1, 0.15) is 42.2 Å². The van der Waals surface area contributed by atoms with Crippen LogP contribution in [0.2, 0.25) is 0 Å². The van der Waals surface area contributed by atoms with Gasteiger partial charge in [0.15, 0.2) is 0 Å². The van der Waals surface area contributed by atoms with Crippen molar-refractivity contribution in [2.24, 2.45) is 0 Å². The first-order valence-corrected chi connectivity index (χ1v) is 12.4. The summed E-state index contributed by atoms with van der Waals surface area (Å²) < 4.78 is 5.85. The summed E-state index contributed by atoms with van der Waals surface area (Å²) in [4.78, 5) is 29.8. The zero-order valence-corrected chi connectivity index (χ0v) is 20.2. The number of amides is 1. The molecule has 2 aromatic carbocycles. The summed E-state index contributed by atoms with van der Waals surface area (Å²) in [5.74, 6) is 2.49. The van der Waals surface area contributed by atoms with Crippen LogP contribution in [0.25, 0.3) is 10.8 Å². The van der Waals surface area contributed by atoms with Gasteiger partial charge in [-0.3, -0.25) is 4.79 Å². The van der Waals surface area contributed by atoms with Gasteiger partial charge in [-0.15, -0.1) is 0 Å². The van der Waals surface area contributed by atoms with Gasteiger partial charge in [0.05, 0.1) is 12.2 Å².